The van der Waals surface area contributed by atoms with Gasteiger partial charge >= 0.3 is 0 Å². The predicted molar refractivity (Wildman–Crippen MR) is 48.9 cm³/mol. The standard InChI is InChI=1S/C10H19NO/c1-10(6-3-7-12-10)9(11)8-4-2-5-8/h8-9H,2-7,11H2,1H3. The normalized spacial score (nSPS) is 39.5. The molecule has 0 aromatic heterocycles. The first kappa shape index (κ1) is 8.52. The topological polar surface area (TPSA) is 35.2 Å². The molecular formula is C10H19NO. The number of rotatable bonds is 2. The van der Waals surface area contributed by atoms with Gasteiger partial charge in [0.05, 0.1) is 5.60 Å². The summed E-state index contributed by atoms with van der Waals surface area (Å²) in [7, 11) is 0. The second-order valence-electron chi connectivity index (χ2n) is 4.48. The maximum atomic E-state index is 6.19. The van der Waals surface area contributed by atoms with Crippen molar-refractivity contribution in [1.82, 2.24) is 0 Å². The smallest absolute Gasteiger partial charge is 0.0808 e. The zero-order valence-corrected chi connectivity index (χ0v) is 7.88. The Hall–Kier alpha value is -0.0800. The van der Waals surface area contributed by atoms with Crippen LogP contribution in [0.1, 0.15) is 39.0 Å². The van der Waals surface area contributed by atoms with Gasteiger partial charge in [-0.15, -0.1) is 0 Å². The van der Waals surface area contributed by atoms with E-state index in [1.54, 1.807) is 0 Å². The molecular weight excluding hydrogens is 150 g/mol. The van der Waals surface area contributed by atoms with Gasteiger partial charge in [0.25, 0.3) is 0 Å². The Morgan fingerprint density at radius 3 is 2.58 bits per heavy atom. The molecule has 1 heterocycles. The molecule has 0 aromatic rings. The van der Waals surface area contributed by atoms with Gasteiger partial charge in [-0.3, -0.25) is 0 Å². The summed E-state index contributed by atoms with van der Waals surface area (Å²) in [6, 6.07) is 0.286. The summed E-state index contributed by atoms with van der Waals surface area (Å²) in [5.41, 5.74) is 6.20. The lowest BCUT2D eigenvalue weighted by molar-refractivity contribution is -0.0277. The maximum absolute atomic E-state index is 6.19. The van der Waals surface area contributed by atoms with Gasteiger partial charge in [0.15, 0.2) is 0 Å². The molecule has 0 aromatic carbocycles. The molecule has 2 heteroatoms. The Morgan fingerprint density at radius 1 is 1.42 bits per heavy atom. The molecule has 2 nitrogen and oxygen atoms in total. The number of nitrogens with two attached hydrogens (primary N) is 1. The fraction of sp³-hybridized carbons (Fsp3) is 1.00. The van der Waals surface area contributed by atoms with Gasteiger partial charge in [-0.1, -0.05) is 6.42 Å². The highest BCUT2D eigenvalue weighted by Crippen LogP contribution is 2.38. The van der Waals surface area contributed by atoms with Crippen LogP contribution in [0, 0.1) is 5.92 Å². The molecule has 70 valence electrons. The van der Waals surface area contributed by atoms with Crippen LogP contribution in [0.4, 0.5) is 0 Å². The summed E-state index contributed by atoms with van der Waals surface area (Å²) in [6.07, 6.45) is 6.36. The summed E-state index contributed by atoms with van der Waals surface area (Å²) >= 11 is 0. The minimum absolute atomic E-state index is 0.00505. The average Bonchev–Trinajstić information content (AvgIpc) is 2.33. The Balaban J connectivity index is 1.96. The first-order valence-electron chi connectivity index (χ1n) is 5.12. The summed E-state index contributed by atoms with van der Waals surface area (Å²) in [5, 5.41) is 0. The monoisotopic (exact) mass is 169 g/mol. The lowest BCUT2D eigenvalue weighted by Gasteiger charge is -2.40. The third kappa shape index (κ3) is 1.27. The van der Waals surface area contributed by atoms with Crippen LogP contribution in [0.15, 0.2) is 0 Å². The van der Waals surface area contributed by atoms with Crippen LogP contribution in [0.5, 0.6) is 0 Å². The van der Waals surface area contributed by atoms with E-state index in [4.69, 9.17) is 10.5 Å². The molecule has 0 bridgehead atoms. The van der Waals surface area contributed by atoms with Crippen molar-refractivity contribution < 1.29 is 4.74 Å². The molecule has 2 atom stereocenters. The van der Waals surface area contributed by atoms with E-state index in [1.165, 1.54) is 25.7 Å². The molecule has 1 aliphatic carbocycles. The lowest BCUT2D eigenvalue weighted by Crippen LogP contribution is -2.51. The molecule has 0 spiro atoms. The van der Waals surface area contributed by atoms with Crippen molar-refractivity contribution >= 4 is 0 Å². The van der Waals surface area contributed by atoms with Crippen LogP contribution >= 0.6 is 0 Å². The lowest BCUT2D eigenvalue weighted by atomic mass is 9.73. The molecule has 2 fully saturated rings. The van der Waals surface area contributed by atoms with Crippen LogP contribution in [-0.2, 0) is 4.74 Å². The van der Waals surface area contributed by atoms with Crippen LogP contribution in [0.3, 0.4) is 0 Å². The summed E-state index contributed by atoms with van der Waals surface area (Å²) in [4.78, 5) is 0. The summed E-state index contributed by atoms with van der Waals surface area (Å²) in [5.74, 6) is 0.744. The second-order valence-corrected chi connectivity index (χ2v) is 4.48. The Morgan fingerprint density at radius 2 is 2.17 bits per heavy atom. The Bertz CT molecular complexity index is 159. The van der Waals surface area contributed by atoms with Crippen molar-refractivity contribution in [3.63, 3.8) is 0 Å². The zero-order valence-electron chi connectivity index (χ0n) is 7.88. The average molecular weight is 169 g/mol. The van der Waals surface area contributed by atoms with Crippen LogP contribution in [-0.4, -0.2) is 18.2 Å². The van der Waals surface area contributed by atoms with Crippen LogP contribution in [0.2, 0.25) is 0 Å². The molecule has 1 aliphatic heterocycles. The van der Waals surface area contributed by atoms with Crippen molar-refractivity contribution in [2.45, 2.75) is 50.7 Å². The molecule has 2 unspecified atom stereocenters. The molecule has 2 aliphatic rings. The van der Waals surface area contributed by atoms with Crippen molar-refractivity contribution in [3.05, 3.63) is 0 Å². The highest BCUT2D eigenvalue weighted by Gasteiger charge is 2.41. The molecule has 0 radical (unpaired) electrons. The molecule has 2 rings (SSSR count). The minimum Gasteiger partial charge on any atom is -0.374 e. The van der Waals surface area contributed by atoms with Crippen molar-refractivity contribution in [2.75, 3.05) is 6.61 Å². The van der Waals surface area contributed by atoms with Crippen molar-refractivity contribution in [3.8, 4) is 0 Å². The number of ether oxygens (including phenoxy) is 1. The fourth-order valence-corrected chi connectivity index (χ4v) is 2.36. The quantitative estimate of drug-likeness (QED) is 0.682. The first-order valence-corrected chi connectivity index (χ1v) is 5.12. The minimum atomic E-state index is 0.00505. The molecule has 0 amide bonds. The zero-order chi connectivity index (χ0) is 8.60. The molecule has 1 saturated carbocycles. The van der Waals surface area contributed by atoms with Crippen molar-refractivity contribution in [1.29, 1.82) is 0 Å². The van der Waals surface area contributed by atoms with E-state index in [9.17, 15) is 0 Å². The highest BCUT2D eigenvalue weighted by atomic mass is 16.5. The van der Waals surface area contributed by atoms with E-state index in [0.717, 1.165) is 18.9 Å². The third-order valence-corrected chi connectivity index (χ3v) is 3.61. The highest BCUT2D eigenvalue weighted by molar-refractivity contribution is 4.96. The summed E-state index contributed by atoms with van der Waals surface area (Å²) in [6.45, 7) is 3.10. The third-order valence-electron chi connectivity index (χ3n) is 3.61. The van der Waals surface area contributed by atoms with Gasteiger partial charge in [0.1, 0.15) is 0 Å². The molecule has 12 heavy (non-hydrogen) atoms. The van der Waals surface area contributed by atoms with E-state index in [1.807, 2.05) is 0 Å². The van der Waals surface area contributed by atoms with Gasteiger partial charge < -0.3 is 10.5 Å². The summed E-state index contributed by atoms with van der Waals surface area (Å²) < 4.78 is 5.73. The maximum Gasteiger partial charge on any atom is 0.0808 e. The van der Waals surface area contributed by atoms with E-state index < -0.39 is 0 Å². The van der Waals surface area contributed by atoms with Crippen LogP contribution < -0.4 is 5.73 Å². The van der Waals surface area contributed by atoms with E-state index in [0.29, 0.717) is 0 Å². The predicted octanol–water partition coefficient (Wildman–Crippen LogP) is 1.68. The Kier molecular flexibility index (Phi) is 2.13. The van der Waals surface area contributed by atoms with Gasteiger partial charge in [-0.25, -0.2) is 0 Å². The van der Waals surface area contributed by atoms with Gasteiger partial charge in [-0.2, -0.15) is 0 Å². The SMILES string of the molecule is CC1(C(N)C2CCC2)CCCO1. The fourth-order valence-electron chi connectivity index (χ4n) is 2.36. The van der Waals surface area contributed by atoms with E-state index in [-0.39, 0.29) is 11.6 Å². The van der Waals surface area contributed by atoms with Crippen molar-refractivity contribution in [2.24, 2.45) is 11.7 Å². The number of hydrogen-bond donors (Lipinski definition) is 1. The Labute approximate surface area is 74.5 Å². The number of hydrogen-bond acceptors (Lipinski definition) is 2. The largest absolute Gasteiger partial charge is 0.374 e. The van der Waals surface area contributed by atoms with Gasteiger partial charge in [0, 0.05) is 12.6 Å². The molecule has 1 saturated heterocycles. The molecule has 2 N–H and O–H groups in total. The van der Waals surface area contributed by atoms with E-state index >= 15 is 0 Å². The van der Waals surface area contributed by atoms with E-state index in [2.05, 4.69) is 6.92 Å². The second kappa shape index (κ2) is 3.00. The first-order chi connectivity index (χ1) is 5.72. The van der Waals surface area contributed by atoms with Gasteiger partial charge in [0.2, 0.25) is 0 Å². The van der Waals surface area contributed by atoms with Crippen LogP contribution in [0.25, 0.3) is 0 Å². The van der Waals surface area contributed by atoms with Gasteiger partial charge in [-0.05, 0) is 38.5 Å².